The van der Waals surface area contributed by atoms with Crippen LogP contribution in [-0.2, 0) is 12.0 Å². The Balaban J connectivity index is 1.46. The zero-order chi connectivity index (χ0) is 19.3. The molecule has 0 atom stereocenters. The third-order valence-electron chi connectivity index (χ3n) is 4.76. The van der Waals surface area contributed by atoms with Crippen LogP contribution < -0.4 is 15.5 Å². The number of aliphatic imine (C=N–C) groups is 1. The van der Waals surface area contributed by atoms with Crippen molar-refractivity contribution in [3.05, 3.63) is 40.5 Å². The maximum Gasteiger partial charge on any atom is 0.191 e. The lowest BCUT2D eigenvalue weighted by Gasteiger charge is -2.33. The van der Waals surface area contributed by atoms with Gasteiger partial charge < -0.3 is 15.5 Å². The van der Waals surface area contributed by atoms with Crippen LogP contribution in [0.5, 0.6) is 0 Å². The highest BCUT2D eigenvalue weighted by molar-refractivity contribution is 7.09. The molecule has 2 aromatic rings. The Morgan fingerprint density at radius 3 is 2.67 bits per heavy atom. The maximum atomic E-state index is 4.74. The molecule has 0 bridgehead atoms. The third-order valence-corrected chi connectivity index (χ3v) is 5.61. The van der Waals surface area contributed by atoms with Gasteiger partial charge in [0.15, 0.2) is 5.96 Å². The van der Waals surface area contributed by atoms with E-state index in [2.05, 4.69) is 57.7 Å². The summed E-state index contributed by atoms with van der Waals surface area (Å²) >= 11 is 1.70. The monoisotopic (exact) mass is 386 g/mol. The Hall–Kier alpha value is -2.15. The highest BCUT2D eigenvalue weighted by atomic mass is 32.1. The zero-order valence-electron chi connectivity index (χ0n) is 16.7. The summed E-state index contributed by atoms with van der Waals surface area (Å²) in [6.07, 6.45) is 4.00. The molecule has 146 valence electrons. The molecule has 3 rings (SSSR count). The van der Waals surface area contributed by atoms with Gasteiger partial charge in [0.05, 0.1) is 12.2 Å². The number of aromatic nitrogens is 2. The van der Waals surface area contributed by atoms with Gasteiger partial charge in [0.25, 0.3) is 0 Å². The van der Waals surface area contributed by atoms with E-state index in [4.69, 9.17) is 4.98 Å². The minimum absolute atomic E-state index is 0.0935. The first-order chi connectivity index (χ1) is 13.0. The predicted molar refractivity (Wildman–Crippen MR) is 114 cm³/mol. The molecule has 0 radical (unpaired) electrons. The summed E-state index contributed by atoms with van der Waals surface area (Å²) in [5, 5.41) is 10.2. The smallest absolute Gasteiger partial charge is 0.191 e. The predicted octanol–water partition coefficient (Wildman–Crippen LogP) is 3.17. The Morgan fingerprint density at radius 1 is 1.30 bits per heavy atom. The summed E-state index contributed by atoms with van der Waals surface area (Å²) in [6, 6.07) is 6.51. The number of pyridine rings is 1. The Labute approximate surface area is 166 Å². The number of piperidine rings is 1. The Bertz CT molecular complexity index is 741. The highest BCUT2D eigenvalue weighted by Crippen LogP contribution is 2.23. The van der Waals surface area contributed by atoms with E-state index in [9.17, 15) is 0 Å². The van der Waals surface area contributed by atoms with Crippen LogP contribution >= 0.6 is 11.3 Å². The summed E-state index contributed by atoms with van der Waals surface area (Å²) in [4.78, 5) is 15.9. The van der Waals surface area contributed by atoms with Gasteiger partial charge in [-0.2, -0.15) is 0 Å². The Kier molecular flexibility index (Phi) is 6.31. The van der Waals surface area contributed by atoms with Crippen molar-refractivity contribution in [2.45, 2.75) is 51.6 Å². The number of nitrogens with zero attached hydrogens (tertiary/aromatic N) is 4. The second-order valence-electron chi connectivity index (χ2n) is 7.90. The molecule has 0 aromatic carbocycles. The molecule has 0 unspecified atom stereocenters. The summed E-state index contributed by atoms with van der Waals surface area (Å²) < 4.78 is 0. The number of nitrogens with one attached hydrogen (secondary N) is 2. The summed E-state index contributed by atoms with van der Waals surface area (Å²) in [7, 11) is 1.82. The number of rotatable bonds is 4. The maximum absolute atomic E-state index is 4.74. The van der Waals surface area contributed by atoms with Gasteiger partial charge in [-0.1, -0.05) is 26.8 Å². The molecule has 27 heavy (non-hydrogen) atoms. The van der Waals surface area contributed by atoms with Crippen LogP contribution in [0.3, 0.4) is 0 Å². The normalized spacial score (nSPS) is 16.4. The van der Waals surface area contributed by atoms with E-state index >= 15 is 0 Å². The topological polar surface area (TPSA) is 65.4 Å². The first kappa shape index (κ1) is 19.6. The van der Waals surface area contributed by atoms with Crippen molar-refractivity contribution in [1.29, 1.82) is 0 Å². The van der Waals surface area contributed by atoms with Gasteiger partial charge in [-0.3, -0.25) is 4.99 Å². The van der Waals surface area contributed by atoms with Gasteiger partial charge in [0.2, 0.25) is 0 Å². The van der Waals surface area contributed by atoms with Crippen LogP contribution in [0.15, 0.2) is 34.8 Å². The third kappa shape index (κ3) is 5.42. The van der Waals surface area contributed by atoms with E-state index < -0.39 is 0 Å². The molecule has 2 N–H and O–H groups in total. The molecule has 3 heterocycles. The molecular weight excluding hydrogens is 356 g/mol. The summed E-state index contributed by atoms with van der Waals surface area (Å²) in [6.45, 7) is 9.29. The number of hydrogen-bond donors (Lipinski definition) is 2. The van der Waals surface area contributed by atoms with Gasteiger partial charge in [-0.25, -0.2) is 9.97 Å². The van der Waals surface area contributed by atoms with Crippen molar-refractivity contribution in [3.63, 3.8) is 0 Å². The second kappa shape index (κ2) is 8.69. The molecule has 0 aliphatic carbocycles. The fourth-order valence-corrected chi connectivity index (χ4v) is 4.04. The van der Waals surface area contributed by atoms with E-state index in [1.165, 1.54) is 0 Å². The van der Waals surface area contributed by atoms with Crippen molar-refractivity contribution < 1.29 is 0 Å². The summed E-state index contributed by atoms with van der Waals surface area (Å²) in [5.74, 6) is 1.91. The molecule has 0 saturated carbocycles. The number of guanidine groups is 1. The average Bonchev–Trinajstić information content (AvgIpc) is 3.16. The van der Waals surface area contributed by atoms with E-state index in [1.807, 2.05) is 25.4 Å². The fraction of sp³-hybridized carbons (Fsp3) is 0.550. The van der Waals surface area contributed by atoms with Crippen LogP contribution in [-0.4, -0.2) is 42.1 Å². The van der Waals surface area contributed by atoms with E-state index in [0.717, 1.165) is 48.4 Å². The van der Waals surface area contributed by atoms with Crippen LogP contribution in [0.4, 0.5) is 5.82 Å². The standard InChI is InChI=1S/C20H30N6S/c1-20(2,3)16-14-27-18(25-16)13-23-19(21-4)24-15-8-11-26(12-9-15)17-7-5-6-10-22-17/h5-7,10,14-15H,8-9,11-13H2,1-4H3,(H2,21,23,24). The van der Waals surface area contributed by atoms with Crippen LogP contribution in [0.2, 0.25) is 0 Å². The minimum Gasteiger partial charge on any atom is -0.356 e. The largest absolute Gasteiger partial charge is 0.356 e. The molecule has 1 fully saturated rings. The number of thiazole rings is 1. The molecule has 6 nitrogen and oxygen atoms in total. The van der Waals surface area contributed by atoms with E-state index in [-0.39, 0.29) is 5.41 Å². The van der Waals surface area contributed by atoms with Crippen molar-refractivity contribution >= 4 is 23.1 Å². The van der Waals surface area contributed by atoms with Gasteiger partial charge >= 0.3 is 0 Å². The molecule has 1 saturated heterocycles. The van der Waals surface area contributed by atoms with Crippen molar-refractivity contribution in [2.75, 3.05) is 25.0 Å². The van der Waals surface area contributed by atoms with Gasteiger partial charge in [-0.05, 0) is 25.0 Å². The molecule has 0 spiro atoms. The van der Waals surface area contributed by atoms with Gasteiger partial charge in [0, 0.05) is 43.2 Å². The molecule has 1 aliphatic heterocycles. The number of anilines is 1. The van der Waals surface area contributed by atoms with Crippen molar-refractivity contribution in [1.82, 2.24) is 20.6 Å². The van der Waals surface area contributed by atoms with Crippen LogP contribution in [0, 0.1) is 0 Å². The quantitative estimate of drug-likeness (QED) is 0.624. The molecular formula is C20H30N6S. The van der Waals surface area contributed by atoms with E-state index in [0.29, 0.717) is 12.6 Å². The zero-order valence-corrected chi connectivity index (χ0v) is 17.5. The SMILES string of the molecule is CN=C(NCc1nc(C(C)(C)C)cs1)NC1CCN(c2ccccn2)CC1. The molecule has 2 aromatic heterocycles. The van der Waals surface area contributed by atoms with Crippen LogP contribution in [0.25, 0.3) is 0 Å². The lowest BCUT2D eigenvalue weighted by atomic mass is 9.93. The molecule has 1 aliphatic rings. The van der Waals surface area contributed by atoms with Crippen LogP contribution in [0.1, 0.15) is 44.3 Å². The average molecular weight is 387 g/mol. The highest BCUT2D eigenvalue weighted by Gasteiger charge is 2.21. The summed E-state index contributed by atoms with van der Waals surface area (Å²) in [5.41, 5.74) is 1.24. The second-order valence-corrected chi connectivity index (χ2v) is 8.84. The lowest BCUT2D eigenvalue weighted by Crippen LogP contribution is -2.48. The lowest BCUT2D eigenvalue weighted by molar-refractivity contribution is 0.459. The Morgan fingerprint density at radius 2 is 2.07 bits per heavy atom. The fourth-order valence-electron chi connectivity index (χ4n) is 3.08. The van der Waals surface area contributed by atoms with Gasteiger partial charge in [-0.15, -0.1) is 11.3 Å². The van der Waals surface area contributed by atoms with E-state index in [1.54, 1.807) is 11.3 Å². The first-order valence-electron chi connectivity index (χ1n) is 9.54. The molecule has 0 amide bonds. The first-order valence-corrected chi connectivity index (χ1v) is 10.4. The minimum atomic E-state index is 0.0935. The number of hydrogen-bond acceptors (Lipinski definition) is 5. The van der Waals surface area contributed by atoms with Crippen molar-refractivity contribution in [3.8, 4) is 0 Å². The van der Waals surface area contributed by atoms with Crippen molar-refractivity contribution in [2.24, 2.45) is 4.99 Å². The molecule has 7 heteroatoms. The van der Waals surface area contributed by atoms with Gasteiger partial charge in [0.1, 0.15) is 10.8 Å².